The van der Waals surface area contributed by atoms with E-state index in [2.05, 4.69) is 128 Å². The Labute approximate surface area is 179 Å². The second kappa shape index (κ2) is 9.24. The van der Waals surface area contributed by atoms with Crippen LogP contribution >= 0.6 is 0 Å². The molecule has 4 aromatic rings. The van der Waals surface area contributed by atoms with Crippen LogP contribution in [-0.2, 0) is 0 Å². The zero-order valence-electron chi connectivity index (χ0n) is 17.5. The standard InChI is InChI=1S/C30H26/c1-3-10-24-17-21-28(22-18-24)30(26-13-8-5-9-14-26)29(25-11-6-4-7-12-25)27-19-15-23(2)16-20-27/h3-22H,1-2H3/b10-3+,30-29+. The molecule has 0 saturated carbocycles. The van der Waals surface area contributed by atoms with Gasteiger partial charge in [-0.05, 0) is 52.8 Å². The maximum Gasteiger partial charge on any atom is -0.00268 e. The maximum atomic E-state index is 2.23. The molecule has 4 aromatic carbocycles. The van der Waals surface area contributed by atoms with Crippen LogP contribution in [0.15, 0.2) is 115 Å². The Morgan fingerprint density at radius 2 is 0.900 bits per heavy atom. The Morgan fingerprint density at radius 3 is 1.33 bits per heavy atom. The van der Waals surface area contributed by atoms with Gasteiger partial charge >= 0.3 is 0 Å². The van der Waals surface area contributed by atoms with Crippen LogP contribution in [0.5, 0.6) is 0 Å². The molecule has 4 rings (SSSR count). The summed E-state index contributed by atoms with van der Waals surface area (Å²) < 4.78 is 0. The number of rotatable bonds is 5. The highest BCUT2D eigenvalue weighted by atomic mass is 14.2. The van der Waals surface area contributed by atoms with Crippen LogP contribution in [0.2, 0.25) is 0 Å². The normalized spacial score (nSPS) is 12.1. The molecule has 146 valence electrons. The molecule has 30 heavy (non-hydrogen) atoms. The number of allylic oxidation sites excluding steroid dienone is 1. The molecule has 0 N–H and O–H groups in total. The van der Waals surface area contributed by atoms with Gasteiger partial charge in [-0.15, -0.1) is 0 Å². The first-order valence-corrected chi connectivity index (χ1v) is 10.4. The van der Waals surface area contributed by atoms with Gasteiger partial charge in [0.25, 0.3) is 0 Å². The van der Waals surface area contributed by atoms with Crippen LogP contribution in [0.1, 0.15) is 40.3 Å². The van der Waals surface area contributed by atoms with Gasteiger partial charge in [0.05, 0.1) is 0 Å². The zero-order chi connectivity index (χ0) is 20.8. The topological polar surface area (TPSA) is 0 Å². The molecule has 0 aliphatic rings. The third-order valence-electron chi connectivity index (χ3n) is 5.27. The van der Waals surface area contributed by atoms with Gasteiger partial charge in [0.15, 0.2) is 0 Å². The molecule has 0 aliphatic carbocycles. The number of benzene rings is 4. The lowest BCUT2D eigenvalue weighted by Crippen LogP contribution is -1.97. The van der Waals surface area contributed by atoms with Crippen LogP contribution in [0.4, 0.5) is 0 Å². The van der Waals surface area contributed by atoms with Gasteiger partial charge in [-0.1, -0.05) is 127 Å². The van der Waals surface area contributed by atoms with Crippen molar-refractivity contribution in [2.45, 2.75) is 13.8 Å². The molecule has 0 atom stereocenters. The molecule has 0 spiro atoms. The molecule has 0 radical (unpaired) electrons. The van der Waals surface area contributed by atoms with Gasteiger partial charge < -0.3 is 0 Å². The van der Waals surface area contributed by atoms with Crippen molar-refractivity contribution in [3.63, 3.8) is 0 Å². The van der Waals surface area contributed by atoms with E-state index in [0.29, 0.717) is 0 Å². The Hall–Kier alpha value is -3.64. The quantitative estimate of drug-likeness (QED) is 0.304. The number of hydrogen-bond donors (Lipinski definition) is 0. The van der Waals surface area contributed by atoms with Crippen molar-refractivity contribution < 1.29 is 0 Å². The van der Waals surface area contributed by atoms with E-state index < -0.39 is 0 Å². The van der Waals surface area contributed by atoms with Gasteiger partial charge in [-0.25, -0.2) is 0 Å². The zero-order valence-corrected chi connectivity index (χ0v) is 17.5. The Balaban J connectivity index is 2.04. The molecule has 0 bridgehead atoms. The first-order valence-electron chi connectivity index (χ1n) is 10.4. The summed E-state index contributed by atoms with van der Waals surface area (Å²) in [6, 6.07) is 39.1. The van der Waals surface area contributed by atoms with Crippen LogP contribution in [-0.4, -0.2) is 0 Å². The fourth-order valence-electron chi connectivity index (χ4n) is 3.79. The van der Waals surface area contributed by atoms with Crippen molar-refractivity contribution in [2.75, 3.05) is 0 Å². The Kier molecular flexibility index (Phi) is 6.06. The van der Waals surface area contributed by atoms with Crippen molar-refractivity contribution in [2.24, 2.45) is 0 Å². The van der Waals surface area contributed by atoms with E-state index in [1.165, 1.54) is 44.5 Å². The molecule has 0 heterocycles. The van der Waals surface area contributed by atoms with Crippen LogP contribution in [0.25, 0.3) is 17.2 Å². The molecule has 0 fully saturated rings. The first kappa shape index (κ1) is 19.7. The highest BCUT2D eigenvalue weighted by Gasteiger charge is 2.15. The lowest BCUT2D eigenvalue weighted by Gasteiger charge is -2.18. The second-order valence-electron chi connectivity index (χ2n) is 7.47. The average molecular weight is 387 g/mol. The highest BCUT2D eigenvalue weighted by molar-refractivity contribution is 6.04. The molecule has 0 amide bonds. The summed E-state index contributed by atoms with van der Waals surface area (Å²) in [5, 5.41) is 0. The van der Waals surface area contributed by atoms with Crippen LogP contribution in [0.3, 0.4) is 0 Å². The minimum absolute atomic E-state index is 1.21. The molecule has 0 nitrogen and oxygen atoms in total. The van der Waals surface area contributed by atoms with Crippen molar-refractivity contribution in [3.05, 3.63) is 149 Å². The maximum absolute atomic E-state index is 2.23. The SMILES string of the molecule is C/C=C/c1ccc(/C(=C(\c2ccccc2)c2ccc(C)cc2)c2ccccc2)cc1. The molecule has 0 aliphatic heterocycles. The second-order valence-corrected chi connectivity index (χ2v) is 7.47. The third-order valence-corrected chi connectivity index (χ3v) is 5.27. The van der Waals surface area contributed by atoms with Gasteiger partial charge in [-0.3, -0.25) is 0 Å². The molecular formula is C30H26. The van der Waals surface area contributed by atoms with Gasteiger partial charge in [-0.2, -0.15) is 0 Å². The largest absolute Gasteiger partial charge is 0.0871 e. The smallest absolute Gasteiger partial charge is 0.00268 e. The van der Waals surface area contributed by atoms with E-state index in [4.69, 9.17) is 0 Å². The van der Waals surface area contributed by atoms with Crippen molar-refractivity contribution in [3.8, 4) is 0 Å². The Morgan fingerprint density at radius 1 is 0.500 bits per heavy atom. The molecule has 0 aromatic heterocycles. The van der Waals surface area contributed by atoms with Crippen molar-refractivity contribution >= 4 is 17.2 Å². The monoisotopic (exact) mass is 386 g/mol. The Bertz CT molecular complexity index is 1140. The minimum atomic E-state index is 1.21. The summed E-state index contributed by atoms with van der Waals surface area (Å²) >= 11 is 0. The summed E-state index contributed by atoms with van der Waals surface area (Å²) in [5.74, 6) is 0. The summed E-state index contributed by atoms with van der Waals surface area (Å²) in [5.41, 5.74) is 9.86. The van der Waals surface area contributed by atoms with E-state index in [1.54, 1.807) is 0 Å². The predicted molar refractivity (Wildman–Crippen MR) is 130 cm³/mol. The van der Waals surface area contributed by atoms with Gasteiger partial charge in [0, 0.05) is 0 Å². The summed E-state index contributed by atoms with van der Waals surface area (Å²) in [6.07, 6.45) is 4.21. The van der Waals surface area contributed by atoms with Crippen LogP contribution < -0.4 is 0 Å². The fourth-order valence-corrected chi connectivity index (χ4v) is 3.79. The average Bonchev–Trinajstić information content (AvgIpc) is 2.80. The first-order chi connectivity index (χ1) is 14.8. The van der Waals surface area contributed by atoms with Gasteiger partial charge in [0.1, 0.15) is 0 Å². The van der Waals surface area contributed by atoms with E-state index in [9.17, 15) is 0 Å². The third kappa shape index (κ3) is 4.34. The summed E-state index contributed by atoms with van der Waals surface area (Å²) in [7, 11) is 0. The molecular weight excluding hydrogens is 360 g/mol. The van der Waals surface area contributed by atoms with Gasteiger partial charge in [0.2, 0.25) is 0 Å². The molecule has 0 heteroatoms. The summed E-state index contributed by atoms with van der Waals surface area (Å²) in [4.78, 5) is 0. The highest BCUT2D eigenvalue weighted by Crippen LogP contribution is 2.37. The van der Waals surface area contributed by atoms with E-state index in [-0.39, 0.29) is 0 Å². The number of aryl methyl sites for hydroxylation is 1. The van der Waals surface area contributed by atoms with Crippen LogP contribution in [0, 0.1) is 6.92 Å². The van der Waals surface area contributed by atoms with E-state index >= 15 is 0 Å². The lowest BCUT2D eigenvalue weighted by molar-refractivity contribution is 1.44. The minimum Gasteiger partial charge on any atom is -0.0871 e. The molecule has 0 unspecified atom stereocenters. The van der Waals surface area contributed by atoms with Crippen molar-refractivity contribution in [1.29, 1.82) is 0 Å². The molecule has 0 saturated heterocycles. The van der Waals surface area contributed by atoms with E-state index in [0.717, 1.165) is 0 Å². The van der Waals surface area contributed by atoms with Crippen molar-refractivity contribution in [1.82, 2.24) is 0 Å². The van der Waals surface area contributed by atoms with E-state index in [1.807, 2.05) is 6.92 Å². The fraction of sp³-hybridized carbons (Fsp3) is 0.0667. The predicted octanol–water partition coefficient (Wildman–Crippen LogP) is 8.04. The lowest BCUT2D eigenvalue weighted by atomic mass is 9.85. The number of hydrogen-bond acceptors (Lipinski definition) is 0. The summed E-state index contributed by atoms with van der Waals surface area (Å²) in [6.45, 7) is 4.18.